The molecule has 91 heavy (non-hydrogen) atoms. The highest BCUT2D eigenvalue weighted by Gasteiger charge is 2.20. The van der Waals surface area contributed by atoms with E-state index in [1.165, 1.54) is 424 Å². The van der Waals surface area contributed by atoms with Crippen LogP contribution in [0.2, 0.25) is 0 Å². The zero-order valence-corrected chi connectivity index (χ0v) is 62.4. The first-order chi connectivity index (χ1) is 45.0. The predicted octanol–water partition coefficient (Wildman–Crippen LogP) is 28.2. The van der Waals surface area contributed by atoms with Crippen LogP contribution < -0.4 is 5.32 Å². The number of hydrogen-bond donors (Lipinski definition) is 3. The summed E-state index contributed by atoms with van der Waals surface area (Å²) in [7, 11) is 0. The van der Waals surface area contributed by atoms with E-state index in [9.17, 15) is 19.8 Å². The first-order valence-electron chi connectivity index (χ1n) is 42.4. The lowest BCUT2D eigenvalue weighted by Crippen LogP contribution is -2.45. The van der Waals surface area contributed by atoms with E-state index in [4.69, 9.17) is 4.74 Å². The smallest absolute Gasteiger partial charge is 0.305 e. The van der Waals surface area contributed by atoms with Crippen LogP contribution in [0.1, 0.15) is 495 Å². The molecule has 2 atom stereocenters. The number of aliphatic hydroxyl groups excluding tert-OH is 2. The maximum absolute atomic E-state index is 12.6. The van der Waals surface area contributed by atoms with Gasteiger partial charge in [-0.3, -0.25) is 9.59 Å². The van der Waals surface area contributed by atoms with Gasteiger partial charge in [0.15, 0.2) is 0 Å². The lowest BCUT2D eigenvalue weighted by atomic mass is 10.0. The van der Waals surface area contributed by atoms with Crippen molar-refractivity contribution in [2.24, 2.45) is 0 Å². The number of esters is 1. The van der Waals surface area contributed by atoms with Gasteiger partial charge in [0.2, 0.25) is 5.91 Å². The van der Waals surface area contributed by atoms with Gasteiger partial charge < -0.3 is 20.3 Å². The molecule has 0 spiro atoms. The molecule has 0 radical (unpaired) electrons. The van der Waals surface area contributed by atoms with E-state index in [1.54, 1.807) is 0 Å². The van der Waals surface area contributed by atoms with Crippen LogP contribution in [0.15, 0.2) is 12.2 Å². The Labute approximate surface area is 571 Å². The van der Waals surface area contributed by atoms with Gasteiger partial charge in [-0.15, -0.1) is 0 Å². The summed E-state index contributed by atoms with van der Waals surface area (Å²) in [5.41, 5.74) is 0. The van der Waals surface area contributed by atoms with Crippen LogP contribution in [0.5, 0.6) is 0 Å². The van der Waals surface area contributed by atoms with Crippen molar-refractivity contribution in [1.29, 1.82) is 0 Å². The minimum Gasteiger partial charge on any atom is -0.466 e. The second-order valence-corrected chi connectivity index (χ2v) is 29.5. The molecular formula is C85H167NO5. The second-order valence-electron chi connectivity index (χ2n) is 29.5. The summed E-state index contributed by atoms with van der Waals surface area (Å²) < 4.78 is 5.52. The van der Waals surface area contributed by atoms with E-state index in [-0.39, 0.29) is 18.5 Å². The normalized spacial score (nSPS) is 12.4. The van der Waals surface area contributed by atoms with Gasteiger partial charge in [0.05, 0.1) is 25.4 Å². The van der Waals surface area contributed by atoms with Crippen molar-refractivity contribution in [3.8, 4) is 0 Å². The van der Waals surface area contributed by atoms with E-state index in [0.717, 1.165) is 38.5 Å². The van der Waals surface area contributed by atoms with E-state index in [2.05, 4.69) is 31.3 Å². The minimum absolute atomic E-state index is 0.0242. The molecule has 0 bridgehead atoms. The first-order valence-corrected chi connectivity index (χ1v) is 42.4. The average Bonchev–Trinajstić information content (AvgIpc) is 3.73. The molecule has 0 aromatic rings. The van der Waals surface area contributed by atoms with Gasteiger partial charge in [-0.2, -0.15) is 0 Å². The Morgan fingerprint density at radius 2 is 0.516 bits per heavy atom. The maximum Gasteiger partial charge on any atom is 0.305 e. The second kappa shape index (κ2) is 81.0. The molecule has 0 aliphatic rings. The molecule has 0 aromatic heterocycles. The molecule has 0 aromatic carbocycles. The lowest BCUT2D eigenvalue weighted by Gasteiger charge is -2.22. The molecular weight excluding hydrogens is 1110 g/mol. The van der Waals surface area contributed by atoms with E-state index in [1.807, 2.05) is 0 Å². The topological polar surface area (TPSA) is 95.9 Å². The highest BCUT2D eigenvalue weighted by molar-refractivity contribution is 5.76. The Hall–Kier alpha value is -1.40. The highest BCUT2D eigenvalue weighted by Crippen LogP contribution is 2.21. The fourth-order valence-electron chi connectivity index (χ4n) is 13.9. The first kappa shape index (κ1) is 89.6. The molecule has 0 rings (SSSR count). The van der Waals surface area contributed by atoms with Crippen molar-refractivity contribution >= 4 is 11.9 Å². The van der Waals surface area contributed by atoms with Crippen LogP contribution in [0.3, 0.4) is 0 Å². The lowest BCUT2D eigenvalue weighted by molar-refractivity contribution is -0.143. The van der Waals surface area contributed by atoms with Gasteiger partial charge in [-0.25, -0.2) is 0 Å². The number of amides is 1. The van der Waals surface area contributed by atoms with Crippen LogP contribution in [0, 0.1) is 0 Å². The molecule has 0 aliphatic carbocycles. The Kier molecular flexibility index (Phi) is 79.8. The zero-order chi connectivity index (χ0) is 65.6. The third-order valence-corrected chi connectivity index (χ3v) is 20.3. The molecule has 2 unspecified atom stereocenters. The van der Waals surface area contributed by atoms with Crippen molar-refractivity contribution in [2.45, 2.75) is 508 Å². The molecule has 0 aliphatic heterocycles. The Balaban J connectivity index is 3.34. The largest absolute Gasteiger partial charge is 0.466 e. The summed E-state index contributed by atoms with van der Waals surface area (Å²) in [4.78, 5) is 24.7. The number of carbonyl (C=O) groups excluding carboxylic acids is 2. The molecule has 6 nitrogen and oxygen atoms in total. The van der Waals surface area contributed by atoms with Gasteiger partial charge in [0.25, 0.3) is 0 Å². The molecule has 0 fully saturated rings. The van der Waals surface area contributed by atoms with Crippen molar-refractivity contribution in [3.05, 3.63) is 12.2 Å². The summed E-state index contributed by atoms with van der Waals surface area (Å²) in [5, 5.41) is 23.5. The van der Waals surface area contributed by atoms with Crippen molar-refractivity contribution in [2.75, 3.05) is 13.2 Å². The van der Waals surface area contributed by atoms with Crippen LogP contribution in [-0.4, -0.2) is 47.4 Å². The van der Waals surface area contributed by atoms with Gasteiger partial charge in [-0.1, -0.05) is 443 Å². The van der Waals surface area contributed by atoms with Gasteiger partial charge in [0.1, 0.15) is 0 Å². The predicted molar refractivity (Wildman–Crippen MR) is 403 cm³/mol. The number of hydrogen-bond acceptors (Lipinski definition) is 5. The third kappa shape index (κ3) is 77.5. The number of aliphatic hydroxyl groups is 2. The van der Waals surface area contributed by atoms with Crippen molar-refractivity contribution < 1.29 is 24.5 Å². The molecule has 0 saturated heterocycles. The third-order valence-electron chi connectivity index (χ3n) is 20.3. The molecule has 0 saturated carbocycles. The molecule has 3 N–H and O–H groups in total. The number of rotatable bonds is 81. The number of allylic oxidation sites excluding steroid dienone is 2. The monoisotopic (exact) mass is 1280 g/mol. The summed E-state index contributed by atoms with van der Waals surface area (Å²) in [5.74, 6) is -0.00163. The van der Waals surface area contributed by atoms with Crippen molar-refractivity contribution in [3.63, 3.8) is 0 Å². The quantitative estimate of drug-likeness (QED) is 0.0320. The van der Waals surface area contributed by atoms with Gasteiger partial charge in [0, 0.05) is 12.8 Å². The molecule has 6 heteroatoms. The van der Waals surface area contributed by atoms with Crippen LogP contribution in [0.25, 0.3) is 0 Å². The van der Waals surface area contributed by atoms with E-state index < -0.39 is 12.1 Å². The van der Waals surface area contributed by atoms with Crippen LogP contribution in [0.4, 0.5) is 0 Å². The molecule has 542 valence electrons. The summed E-state index contributed by atoms with van der Waals surface area (Å²) in [6, 6.07) is -0.541. The number of nitrogens with one attached hydrogen (secondary N) is 1. The van der Waals surface area contributed by atoms with Crippen molar-refractivity contribution in [1.82, 2.24) is 5.32 Å². The summed E-state index contributed by atoms with van der Waals surface area (Å²) in [6.07, 6.45) is 103. The van der Waals surface area contributed by atoms with Gasteiger partial charge in [-0.05, 0) is 51.4 Å². The molecule has 1 amide bonds. The maximum atomic E-state index is 12.6. The minimum atomic E-state index is -0.664. The number of carbonyl (C=O) groups is 2. The average molecular weight is 1280 g/mol. The SMILES string of the molecule is CCCCCCCCCCCCCCCCCCCCCCCCCCC(O)C(CO)NC(=O)CCCCCCCCCCCCCCCCCC/C=C\CCCCCCCCCCCCCCOC(=O)CCCCCCCCCCCCCCCCCCCC. The number of ether oxygens (including phenoxy) is 1. The summed E-state index contributed by atoms with van der Waals surface area (Å²) in [6.45, 7) is 5.02. The van der Waals surface area contributed by atoms with E-state index in [0.29, 0.717) is 25.9 Å². The fourth-order valence-corrected chi connectivity index (χ4v) is 13.9. The Morgan fingerprint density at radius 3 is 0.780 bits per heavy atom. The Morgan fingerprint density at radius 1 is 0.297 bits per heavy atom. The Bertz CT molecular complexity index is 1380. The standard InChI is InChI=1S/C85H167NO5/c1-3-5-7-9-11-13-15-17-19-21-23-24-25-36-39-42-45-49-53-57-61-65-69-73-77-83(88)82(81-87)86-84(89)78-74-70-66-62-58-54-50-46-43-40-37-34-32-30-28-26-27-29-31-33-35-38-41-44-48-52-56-60-64-68-72-76-80-91-85(90)79-75-71-67-63-59-55-51-47-22-20-18-16-14-12-10-8-6-4-2/h29,31,82-83,87-88H,3-28,30,32-81H2,1-2H3,(H,86,89)/b31-29-. The fraction of sp³-hybridized carbons (Fsp3) is 0.953. The zero-order valence-electron chi connectivity index (χ0n) is 62.4. The molecule has 0 heterocycles. The van der Waals surface area contributed by atoms with Gasteiger partial charge >= 0.3 is 5.97 Å². The van der Waals surface area contributed by atoms with Crippen LogP contribution >= 0.6 is 0 Å². The van der Waals surface area contributed by atoms with Crippen LogP contribution in [-0.2, 0) is 14.3 Å². The summed E-state index contributed by atoms with van der Waals surface area (Å²) >= 11 is 0. The van der Waals surface area contributed by atoms with E-state index >= 15 is 0 Å². The number of unbranched alkanes of at least 4 members (excludes halogenated alkanes) is 68. The highest BCUT2D eigenvalue weighted by atomic mass is 16.5.